The van der Waals surface area contributed by atoms with Crippen molar-refractivity contribution in [3.63, 3.8) is 0 Å². The van der Waals surface area contributed by atoms with Crippen LogP contribution < -0.4 is 0 Å². The first-order valence-corrected chi connectivity index (χ1v) is 13.8. The third-order valence-corrected chi connectivity index (χ3v) is 10.1. The Morgan fingerprint density at radius 3 is 2.29 bits per heavy atom. The summed E-state index contributed by atoms with van der Waals surface area (Å²) in [5.74, 6) is -3.00. The molecule has 0 radical (unpaired) electrons. The number of hydrogen-bond donors (Lipinski definition) is 1. The molecule has 1 aromatic rings. The second kappa shape index (κ2) is 9.62. The minimum atomic E-state index is -1.60. The van der Waals surface area contributed by atoms with Crippen LogP contribution in [-0.4, -0.2) is 75.7 Å². The van der Waals surface area contributed by atoms with Crippen LogP contribution in [0.1, 0.15) is 71.2 Å². The molecule has 2 saturated heterocycles. The average molecular weight is 572 g/mol. The Balaban J connectivity index is 1.70. The molecule has 2 aliphatic heterocycles. The lowest BCUT2D eigenvalue weighted by Gasteiger charge is -2.71. The molecule has 9 atom stereocenters. The molecule has 4 aliphatic rings. The molecule has 11 heteroatoms. The third kappa shape index (κ3) is 4.35. The molecule has 222 valence electrons. The van der Waals surface area contributed by atoms with E-state index in [1.165, 1.54) is 26.1 Å². The van der Waals surface area contributed by atoms with Gasteiger partial charge in [-0.1, -0.05) is 19.9 Å². The van der Waals surface area contributed by atoms with E-state index < -0.39 is 75.7 Å². The van der Waals surface area contributed by atoms with E-state index in [0.29, 0.717) is 12.8 Å². The number of hydrogen-bond acceptors (Lipinski definition) is 11. The van der Waals surface area contributed by atoms with Crippen LogP contribution in [-0.2, 0) is 38.1 Å². The molecule has 1 saturated carbocycles. The number of aliphatic hydroxyl groups is 1. The number of esters is 4. The Morgan fingerprint density at radius 2 is 1.71 bits per heavy atom. The number of pyridine rings is 1. The molecule has 1 N–H and O–H groups in total. The first-order valence-electron chi connectivity index (χ1n) is 13.8. The summed E-state index contributed by atoms with van der Waals surface area (Å²) in [6.07, 6.45) is 3.71. The second-order valence-electron chi connectivity index (χ2n) is 12.6. The molecule has 11 nitrogen and oxygen atoms in total. The number of carbonyl (C=O) groups excluding carboxylic acids is 4. The molecule has 0 amide bonds. The summed E-state index contributed by atoms with van der Waals surface area (Å²) in [5, 5.41) is 12.0. The van der Waals surface area contributed by atoms with Gasteiger partial charge in [-0.25, -0.2) is 4.79 Å². The lowest BCUT2D eigenvalue weighted by atomic mass is 9.40. The largest absolute Gasteiger partial charge is 0.463 e. The van der Waals surface area contributed by atoms with Gasteiger partial charge in [-0.15, -0.1) is 0 Å². The minimum absolute atomic E-state index is 0.0165. The van der Waals surface area contributed by atoms with Crippen molar-refractivity contribution < 1.29 is 48.0 Å². The molecule has 3 fully saturated rings. The number of cyclic esters (lactones) is 1. The quantitative estimate of drug-likeness (QED) is 0.323. The predicted octanol–water partition coefficient (Wildman–Crippen LogP) is 2.69. The van der Waals surface area contributed by atoms with E-state index in [2.05, 4.69) is 4.98 Å². The van der Waals surface area contributed by atoms with Crippen LogP contribution in [0.4, 0.5) is 0 Å². The maximum Gasteiger partial charge on any atom is 0.340 e. The highest BCUT2D eigenvalue weighted by Gasteiger charge is 2.78. The summed E-state index contributed by atoms with van der Waals surface area (Å²) in [7, 11) is 0. The van der Waals surface area contributed by atoms with Crippen molar-refractivity contribution >= 4 is 23.9 Å². The van der Waals surface area contributed by atoms with Gasteiger partial charge in [0, 0.05) is 43.0 Å². The summed E-state index contributed by atoms with van der Waals surface area (Å²) < 4.78 is 30.2. The fourth-order valence-corrected chi connectivity index (χ4v) is 7.82. The average Bonchev–Trinajstić information content (AvgIpc) is 3.25. The van der Waals surface area contributed by atoms with Crippen LogP contribution in [0.2, 0.25) is 0 Å². The molecule has 2 aliphatic carbocycles. The zero-order chi connectivity index (χ0) is 30.0. The van der Waals surface area contributed by atoms with Gasteiger partial charge in [-0.05, 0) is 44.9 Å². The van der Waals surface area contributed by atoms with E-state index in [0.717, 1.165) is 0 Å². The van der Waals surface area contributed by atoms with Crippen LogP contribution in [0.15, 0.2) is 36.7 Å². The van der Waals surface area contributed by atoms with Gasteiger partial charge in [0.25, 0.3) is 0 Å². The van der Waals surface area contributed by atoms with Crippen LogP contribution in [0.3, 0.4) is 0 Å². The number of carbonyl (C=O) groups is 4. The second-order valence-corrected chi connectivity index (χ2v) is 12.6. The van der Waals surface area contributed by atoms with Crippen molar-refractivity contribution in [2.45, 2.75) is 95.9 Å². The summed E-state index contributed by atoms with van der Waals surface area (Å²) >= 11 is 0. The Hall–Kier alpha value is -3.31. The van der Waals surface area contributed by atoms with Gasteiger partial charge in [-0.2, -0.15) is 0 Å². The highest BCUT2D eigenvalue weighted by Crippen LogP contribution is 2.69. The minimum Gasteiger partial charge on any atom is -0.463 e. The Labute approximate surface area is 238 Å². The fourth-order valence-electron chi connectivity index (χ4n) is 7.82. The molecule has 1 spiro atoms. The van der Waals surface area contributed by atoms with E-state index in [1.54, 1.807) is 45.2 Å². The van der Waals surface area contributed by atoms with E-state index in [-0.39, 0.29) is 18.6 Å². The van der Waals surface area contributed by atoms with Crippen molar-refractivity contribution in [3.8, 4) is 0 Å². The van der Waals surface area contributed by atoms with Gasteiger partial charge in [0.2, 0.25) is 0 Å². The topological polar surface area (TPSA) is 148 Å². The first-order chi connectivity index (χ1) is 19.1. The zero-order valence-electron chi connectivity index (χ0n) is 24.2. The standard InChI is InChI=1S/C30H37NO10/c1-17(32)38-23-24(39-18(2)33)29(6)26(3,11-12-30(41-29)14-21(34)37-16-30)22-20(9-10-27(4,36)28(22,23)5)40-25(35)19-8-7-13-31-15-19/h7-10,13,15,20,22-24,36H,11-12,14,16H2,1-6H3/t20?,22-,23-,24-,26+,27-,28-,29-,30-/m0/s1. The maximum atomic E-state index is 13.3. The lowest BCUT2D eigenvalue weighted by molar-refractivity contribution is -0.366. The molecule has 5 rings (SSSR count). The normalized spacial score (nSPS) is 43.0. The van der Waals surface area contributed by atoms with Gasteiger partial charge in [0.15, 0.2) is 12.2 Å². The van der Waals surface area contributed by atoms with E-state index >= 15 is 0 Å². The van der Waals surface area contributed by atoms with Gasteiger partial charge in [-0.3, -0.25) is 19.4 Å². The van der Waals surface area contributed by atoms with Gasteiger partial charge in [0.05, 0.1) is 17.6 Å². The number of nitrogens with zero attached hydrogens (tertiary/aromatic N) is 1. The Kier molecular flexibility index (Phi) is 6.85. The van der Waals surface area contributed by atoms with Crippen LogP contribution in [0, 0.1) is 16.7 Å². The van der Waals surface area contributed by atoms with Crippen molar-refractivity contribution in [2.24, 2.45) is 16.7 Å². The fraction of sp³-hybridized carbons (Fsp3) is 0.633. The van der Waals surface area contributed by atoms with Gasteiger partial charge >= 0.3 is 23.9 Å². The molecule has 3 heterocycles. The molecular formula is C30H37NO10. The number of fused-ring (bicyclic) bond motifs is 3. The Bertz CT molecular complexity index is 1300. The molecule has 1 aromatic heterocycles. The zero-order valence-corrected chi connectivity index (χ0v) is 24.2. The number of rotatable bonds is 4. The van der Waals surface area contributed by atoms with Crippen molar-refractivity contribution in [1.29, 1.82) is 0 Å². The molecular weight excluding hydrogens is 534 g/mol. The molecule has 0 bridgehead atoms. The first kappa shape index (κ1) is 29.2. The number of ether oxygens (including phenoxy) is 5. The van der Waals surface area contributed by atoms with E-state index in [1.807, 2.05) is 6.92 Å². The van der Waals surface area contributed by atoms with Crippen LogP contribution in [0.25, 0.3) is 0 Å². The number of aromatic nitrogens is 1. The molecule has 41 heavy (non-hydrogen) atoms. The van der Waals surface area contributed by atoms with Crippen LogP contribution in [0.5, 0.6) is 0 Å². The van der Waals surface area contributed by atoms with Gasteiger partial charge < -0.3 is 28.8 Å². The SMILES string of the molecule is CC(=O)O[C@H]1[C@H](OC(C)=O)[C@]2(C)O[C@]3(CC[C@]2(C)[C@@H]2C(OC(=O)c4cccnc4)C=C[C@](C)(O)[C@@]21C)COC(=O)C3. The molecule has 0 aromatic carbocycles. The maximum absolute atomic E-state index is 13.3. The smallest absolute Gasteiger partial charge is 0.340 e. The predicted molar refractivity (Wildman–Crippen MR) is 141 cm³/mol. The molecule has 1 unspecified atom stereocenters. The highest BCUT2D eigenvalue weighted by atomic mass is 16.6. The summed E-state index contributed by atoms with van der Waals surface area (Å²) in [5.41, 5.74) is -5.97. The van der Waals surface area contributed by atoms with Crippen molar-refractivity contribution in [3.05, 3.63) is 42.2 Å². The summed E-state index contributed by atoms with van der Waals surface area (Å²) in [4.78, 5) is 54.7. The van der Waals surface area contributed by atoms with Crippen molar-refractivity contribution in [1.82, 2.24) is 4.98 Å². The highest BCUT2D eigenvalue weighted by molar-refractivity contribution is 5.89. The summed E-state index contributed by atoms with van der Waals surface area (Å²) in [6, 6.07) is 3.22. The van der Waals surface area contributed by atoms with E-state index in [4.69, 9.17) is 23.7 Å². The van der Waals surface area contributed by atoms with E-state index in [9.17, 15) is 24.3 Å². The lowest BCUT2D eigenvalue weighted by Crippen LogP contribution is -2.81. The monoisotopic (exact) mass is 571 g/mol. The van der Waals surface area contributed by atoms with Crippen LogP contribution >= 0.6 is 0 Å². The Morgan fingerprint density at radius 1 is 1.02 bits per heavy atom. The third-order valence-electron chi connectivity index (χ3n) is 10.1. The van der Waals surface area contributed by atoms with Crippen molar-refractivity contribution in [2.75, 3.05) is 6.61 Å². The van der Waals surface area contributed by atoms with Gasteiger partial charge in [0.1, 0.15) is 23.9 Å². The summed E-state index contributed by atoms with van der Waals surface area (Å²) in [6.45, 7) is 9.58.